The smallest absolute Gasteiger partial charge is 0.240 e. The molecule has 1 saturated heterocycles. The minimum absolute atomic E-state index is 0.0317. The summed E-state index contributed by atoms with van der Waals surface area (Å²) >= 11 is 0. The predicted octanol–water partition coefficient (Wildman–Crippen LogP) is 0.977. The van der Waals surface area contributed by atoms with Crippen molar-refractivity contribution in [2.45, 2.75) is 52.7 Å². The molecule has 2 heterocycles. The number of carbonyl (C=O) groups excluding carboxylic acids is 1. The number of nitrogens with zero attached hydrogens (tertiary/aromatic N) is 3. The van der Waals surface area contributed by atoms with Gasteiger partial charge in [0.1, 0.15) is 0 Å². The summed E-state index contributed by atoms with van der Waals surface area (Å²) in [6.45, 7) is 8.57. The first-order valence-electron chi connectivity index (χ1n) is 8.43. The second kappa shape index (κ2) is 8.40. The second-order valence-corrected chi connectivity index (χ2v) is 6.85. The monoisotopic (exact) mass is 324 g/mol. The Balaban J connectivity index is 1.74. The van der Waals surface area contributed by atoms with Crippen molar-refractivity contribution in [3.8, 4) is 0 Å². The van der Waals surface area contributed by atoms with Gasteiger partial charge in [0.05, 0.1) is 12.6 Å². The van der Waals surface area contributed by atoms with Gasteiger partial charge in [-0.05, 0) is 38.8 Å². The number of likely N-dealkylation sites (tertiary alicyclic amines) is 1. The van der Waals surface area contributed by atoms with Gasteiger partial charge in [0.25, 0.3) is 0 Å². The Morgan fingerprint density at radius 3 is 2.70 bits per heavy atom. The van der Waals surface area contributed by atoms with E-state index in [4.69, 9.17) is 4.52 Å². The van der Waals surface area contributed by atoms with Crippen LogP contribution in [0.5, 0.6) is 0 Å². The van der Waals surface area contributed by atoms with Gasteiger partial charge in [-0.25, -0.2) is 0 Å². The zero-order chi connectivity index (χ0) is 16.8. The molecule has 1 aliphatic rings. The van der Waals surface area contributed by atoms with Crippen molar-refractivity contribution in [1.29, 1.82) is 0 Å². The van der Waals surface area contributed by atoms with E-state index in [1.54, 1.807) is 6.92 Å². The summed E-state index contributed by atoms with van der Waals surface area (Å²) < 4.78 is 5.30. The molecule has 130 valence electrons. The van der Waals surface area contributed by atoms with Crippen molar-refractivity contribution >= 4 is 5.91 Å². The van der Waals surface area contributed by atoms with E-state index in [1.807, 2.05) is 0 Å². The molecule has 1 fully saturated rings. The lowest BCUT2D eigenvalue weighted by Gasteiger charge is -2.30. The van der Waals surface area contributed by atoms with Crippen LogP contribution in [-0.2, 0) is 17.8 Å². The molecule has 0 bridgehead atoms. The van der Waals surface area contributed by atoms with Crippen LogP contribution in [0.3, 0.4) is 0 Å². The minimum Gasteiger partial charge on any atom is -0.392 e. The fraction of sp³-hybridized carbons (Fsp3) is 0.812. The van der Waals surface area contributed by atoms with E-state index in [0.29, 0.717) is 24.9 Å². The van der Waals surface area contributed by atoms with Crippen molar-refractivity contribution in [2.75, 3.05) is 19.6 Å². The van der Waals surface area contributed by atoms with E-state index in [-0.39, 0.29) is 11.8 Å². The largest absolute Gasteiger partial charge is 0.392 e. The Morgan fingerprint density at radius 2 is 2.09 bits per heavy atom. The van der Waals surface area contributed by atoms with Gasteiger partial charge in [-0.15, -0.1) is 0 Å². The number of hydrogen-bond acceptors (Lipinski definition) is 6. The number of hydrogen-bond donors (Lipinski definition) is 2. The number of amides is 1. The highest BCUT2D eigenvalue weighted by Gasteiger charge is 2.25. The fourth-order valence-electron chi connectivity index (χ4n) is 2.74. The molecule has 0 radical (unpaired) electrons. The van der Waals surface area contributed by atoms with Crippen molar-refractivity contribution in [1.82, 2.24) is 20.4 Å². The Morgan fingerprint density at radius 1 is 1.39 bits per heavy atom. The molecular weight excluding hydrogens is 296 g/mol. The van der Waals surface area contributed by atoms with Crippen LogP contribution in [0, 0.1) is 11.8 Å². The van der Waals surface area contributed by atoms with Gasteiger partial charge >= 0.3 is 0 Å². The van der Waals surface area contributed by atoms with Crippen LogP contribution in [0.1, 0.15) is 45.3 Å². The molecule has 0 spiro atoms. The molecule has 2 N–H and O–H groups in total. The van der Waals surface area contributed by atoms with E-state index < -0.39 is 6.10 Å². The number of rotatable bonds is 7. The lowest BCUT2D eigenvalue weighted by atomic mass is 9.96. The van der Waals surface area contributed by atoms with Gasteiger partial charge in [-0.3, -0.25) is 9.69 Å². The molecule has 0 aliphatic carbocycles. The third kappa shape index (κ3) is 5.91. The van der Waals surface area contributed by atoms with E-state index >= 15 is 0 Å². The topological polar surface area (TPSA) is 91.5 Å². The molecule has 7 heteroatoms. The zero-order valence-electron chi connectivity index (χ0n) is 14.3. The maximum atomic E-state index is 12.0. The van der Waals surface area contributed by atoms with Crippen LogP contribution < -0.4 is 5.32 Å². The van der Waals surface area contributed by atoms with Crippen LogP contribution in [0.15, 0.2) is 4.52 Å². The summed E-state index contributed by atoms with van der Waals surface area (Å²) in [6, 6.07) is 0. The van der Waals surface area contributed by atoms with Crippen molar-refractivity contribution in [3.05, 3.63) is 11.7 Å². The quantitative estimate of drug-likeness (QED) is 0.777. The van der Waals surface area contributed by atoms with Gasteiger partial charge in [0.15, 0.2) is 5.82 Å². The molecule has 1 atom stereocenters. The van der Waals surface area contributed by atoms with E-state index in [2.05, 4.69) is 34.2 Å². The lowest BCUT2D eigenvalue weighted by molar-refractivity contribution is -0.126. The first-order valence-corrected chi connectivity index (χ1v) is 8.43. The van der Waals surface area contributed by atoms with E-state index in [0.717, 1.165) is 38.2 Å². The number of aliphatic hydroxyl groups excluding tert-OH is 1. The van der Waals surface area contributed by atoms with Crippen LogP contribution in [-0.4, -0.2) is 51.8 Å². The summed E-state index contributed by atoms with van der Waals surface area (Å²) in [5.41, 5.74) is 0. The van der Waals surface area contributed by atoms with Gasteiger partial charge < -0.3 is 14.9 Å². The Bertz CT molecular complexity index is 493. The molecule has 0 unspecified atom stereocenters. The summed E-state index contributed by atoms with van der Waals surface area (Å²) in [5.74, 6) is 2.00. The summed E-state index contributed by atoms with van der Waals surface area (Å²) in [6.07, 6.45) is 1.96. The third-order valence-electron chi connectivity index (χ3n) is 3.99. The summed E-state index contributed by atoms with van der Waals surface area (Å²) in [5, 5.41) is 16.0. The standard InChI is InChI=1S/C16H28N4O3/c1-11(2)8-14-18-15(23-19-14)10-20-6-4-13(5-7-20)16(22)17-9-12(3)21/h11-13,21H,4-10H2,1-3H3,(H,17,22)/t12-/m1/s1. The highest BCUT2D eigenvalue weighted by atomic mass is 16.5. The molecule has 7 nitrogen and oxygen atoms in total. The normalized spacial score (nSPS) is 18.3. The number of piperidine rings is 1. The van der Waals surface area contributed by atoms with Crippen molar-refractivity contribution < 1.29 is 14.4 Å². The van der Waals surface area contributed by atoms with Gasteiger partial charge in [-0.1, -0.05) is 19.0 Å². The number of aliphatic hydroxyl groups is 1. The highest BCUT2D eigenvalue weighted by Crippen LogP contribution is 2.19. The summed E-state index contributed by atoms with van der Waals surface area (Å²) in [4.78, 5) is 18.7. The molecule has 1 amide bonds. The first kappa shape index (κ1) is 17.9. The fourth-order valence-corrected chi connectivity index (χ4v) is 2.74. The Kier molecular flexibility index (Phi) is 6.53. The SMILES string of the molecule is CC(C)Cc1noc(CN2CCC(C(=O)NC[C@@H](C)O)CC2)n1. The Labute approximate surface area is 137 Å². The first-order chi connectivity index (χ1) is 10.9. The van der Waals surface area contributed by atoms with Crippen LogP contribution in [0.2, 0.25) is 0 Å². The van der Waals surface area contributed by atoms with Crippen LogP contribution >= 0.6 is 0 Å². The molecular formula is C16H28N4O3. The predicted molar refractivity (Wildman–Crippen MR) is 85.5 cm³/mol. The van der Waals surface area contributed by atoms with E-state index in [9.17, 15) is 9.90 Å². The average molecular weight is 324 g/mol. The molecule has 1 aliphatic heterocycles. The molecule has 2 rings (SSSR count). The van der Waals surface area contributed by atoms with E-state index in [1.165, 1.54) is 0 Å². The zero-order valence-corrected chi connectivity index (χ0v) is 14.3. The summed E-state index contributed by atoms with van der Waals surface area (Å²) in [7, 11) is 0. The molecule has 1 aromatic rings. The van der Waals surface area contributed by atoms with Gasteiger partial charge in [-0.2, -0.15) is 4.98 Å². The number of aromatic nitrogens is 2. The number of carbonyl (C=O) groups is 1. The molecule has 23 heavy (non-hydrogen) atoms. The lowest BCUT2D eigenvalue weighted by Crippen LogP contribution is -2.41. The molecule has 1 aromatic heterocycles. The molecule has 0 aromatic carbocycles. The molecule has 0 saturated carbocycles. The third-order valence-corrected chi connectivity index (χ3v) is 3.99. The van der Waals surface area contributed by atoms with Crippen molar-refractivity contribution in [2.24, 2.45) is 11.8 Å². The maximum absolute atomic E-state index is 12.0. The van der Waals surface area contributed by atoms with Crippen LogP contribution in [0.4, 0.5) is 0 Å². The maximum Gasteiger partial charge on any atom is 0.240 e. The van der Waals surface area contributed by atoms with Crippen molar-refractivity contribution in [3.63, 3.8) is 0 Å². The Hall–Kier alpha value is -1.47. The van der Waals surface area contributed by atoms with Gasteiger partial charge in [0.2, 0.25) is 11.8 Å². The second-order valence-electron chi connectivity index (χ2n) is 6.85. The minimum atomic E-state index is -0.503. The number of nitrogens with one attached hydrogen (secondary N) is 1. The highest BCUT2D eigenvalue weighted by molar-refractivity contribution is 5.78. The van der Waals surface area contributed by atoms with Crippen LogP contribution in [0.25, 0.3) is 0 Å². The average Bonchev–Trinajstić information content (AvgIpc) is 2.91. The van der Waals surface area contributed by atoms with Gasteiger partial charge in [0, 0.05) is 18.9 Å².